The van der Waals surface area contributed by atoms with Gasteiger partial charge in [-0.2, -0.15) is 0 Å². The molecule has 19 heteroatoms. The molecule has 0 aliphatic rings. The Morgan fingerprint density at radius 3 is 0.789 bits per heavy atom. The maximum Gasteiger partial charge on any atom is 1.00 e. The standard InChI is InChI=1S/6Na.H5O10P3/c;;;;;;1-11(2,3)9-13(7,8)10-12(4,5)6/h;;;;;;(H,7,8)(H2,1,2,3)(H2,4,5,6)/q6*+1;/p-5. The van der Waals surface area contributed by atoms with Gasteiger partial charge in [-0.25, -0.2) is 0 Å². The predicted octanol–water partition coefficient (Wildman–Crippen LogP) is -21.8. The van der Waals surface area contributed by atoms with Gasteiger partial charge in [-0.3, -0.25) is 13.2 Å². The van der Waals surface area contributed by atoms with Crippen LogP contribution in [0.25, 0.3) is 0 Å². The third-order valence-corrected chi connectivity index (χ3v) is 3.60. The van der Waals surface area contributed by atoms with E-state index in [1.165, 1.54) is 0 Å². The maximum atomic E-state index is 10.1. The monoisotopic (exact) mass is 391 g/mol. The van der Waals surface area contributed by atoms with Gasteiger partial charge in [0.15, 0.2) is 0 Å². The molecule has 0 saturated carbocycles. The van der Waals surface area contributed by atoms with Gasteiger partial charge >= 0.3 is 177 Å². The second-order valence-corrected chi connectivity index (χ2v) is 5.49. The molecule has 19 heavy (non-hydrogen) atoms. The van der Waals surface area contributed by atoms with E-state index in [9.17, 15) is 38.2 Å². The molecule has 10 nitrogen and oxygen atoms in total. The average Bonchev–Trinajstić information content (AvgIpc) is 1.43. The van der Waals surface area contributed by atoms with Crippen LogP contribution in [0.1, 0.15) is 0 Å². The van der Waals surface area contributed by atoms with Crippen molar-refractivity contribution in [3.05, 3.63) is 0 Å². The van der Waals surface area contributed by atoms with Crippen molar-refractivity contribution in [3.63, 3.8) is 0 Å². The molecule has 0 aliphatic carbocycles. The minimum atomic E-state index is -5.97. The number of rotatable bonds is 4. The molecule has 0 aromatic heterocycles. The number of hydrogen-bond acceptors (Lipinski definition) is 10. The molecule has 0 aliphatic heterocycles. The SMILES string of the molecule is O=P([O-])([O-])OP(=O)([O-])OP(=O)([O-])[O-].[Na+].[Na+].[Na+].[Na+].[Na+].[Na+]. The molecule has 0 N–H and O–H groups in total. The molecule has 0 aromatic carbocycles. The van der Waals surface area contributed by atoms with E-state index in [4.69, 9.17) is 0 Å². The van der Waals surface area contributed by atoms with Gasteiger partial charge in [0.25, 0.3) is 7.82 Å². The van der Waals surface area contributed by atoms with Crippen molar-refractivity contribution in [1.29, 1.82) is 0 Å². The Labute approximate surface area is 242 Å². The van der Waals surface area contributed by atoms with Crippen LogP contribution in [0.2, 0.25) is 0 Å². The first kappa shape index (κ1) is 44.7. The molecular weight excluding hydrogens is 391 g/mol. The molecule has 0 aromatic rings. The Balaban J connectivity index is -0.0000000480. The second-order valence-electron chi connectivity index (χ2n) is 1.50. The zero-order valence-corrected chi connectivity index (χ0v) is 26.1. The van der Waals surface area contributed by atoms with Crippen molar-refractivity contribution >= 4 is 23.5 Å². The van der Waals surface area contributed by atoms with Gasteiger partial charge in [-0.05, 0) is 0 Å². The number of hydrogen-bond donors (Lipinski definition) is 0. The molecule has 0 unspecified atom stereocenters. The van der Waals surface area contributed by atoms with E-state index in [0.29, 0.717) is 0 Å². The first-order valence-electron chi connectivity index (χ1n) is 2.19. The van der Waals surface area contributed by atoms with Crippen LogP contribution in [-0.4, -0.2) is 0 Å². The summed E-state index contributed by atoms with van der Waals surface area (Å²) in [7, 11) is -17.9. The van der Waals surface area contributed by atoms with Crippen LogP contribution in [0.5, 0.6) is 0 Å². The molecule has 0 rings (SSSR count). The van der Waals surface area contributed by atoms with Gasteiger partial charge < -0.3 is 33.6 Å². The van der Waals surface area contributed by atoms with Crippen molar-refractivity contribution < 1.29 is 224 Å². The summed E-state index contributed by atoms with van der Waals surface area (Å²) in [5.74, 6) is 0. The van der Waals surface area contributed by atoms with Crippen molar-refractivity contribution in [2.45, 2.75) is 0 Å². The van der Waals surface area contributed by atoms with Crippen LogP contribution in [0.3, 0.4) is 0 Å². The summed E-state index contributed by atoms with van der Waals surface area (Å²) >= 11 is 0. The van der Waals surface area contributed by atoms with Crippen LogP contribution >= 0.6 is 23.5 Å². The second kappa shape index (κ2) is 19.2. The minimum Gasteiger partial charge on any atom is -0.790 e. The number of phosphoric acid groups is 3. The minimum absolute atomic E-state index is 0. The van der Waals surface area contributed by atoms with Crippen molar-refractivity contribution in [1.82, 2.24) is 0 Å². The summed E-state index contributed by atoms with van der Waals surface area (Å²) in [6, 6.07) is 0. The Kier molecular flexibility index (Phi) is 45.1. The molecular formula is Na6O10P3+. The van der Waals surface area contributed by atoms with Crippen LogP contribution in [0, 0.1) is 0 Å². The first-order valence-corrected chi connectivity index (χ1v) is 6.57. The van der Waals surface area contributed by atoms with Gasteiger partial charge in [0.05, 0.1) is 15.6 Å². The van der Waals surface area contributed by atoms with Crippen LogP contribution < -0.4 is 202 Å². The average molecular weight is 391 g/mol. The molecule has 0 amide bonds. The summed E-state index contributed by atoms with van der Waals surface area (Å²) in [6.45, 7) is 0. The summed E-state index contributed by atoms with van der Waals surface area (Å²) in [6.07, 6.45) is 0. The fourth-order valence-electron chi connectivity index (χ4n) is 0.260. The zero-order chi connectivity index (χ0) is 10.9. The molecule has 0 spiro atoms. The fraction of sp³-hybridized carbons (Fsp3) is 0. The smallest absolute Gasteiger partial charge is 0.790 e. The molecule has 0 atom stereocenters. The van der Waals surface area contributed by atoms with Crippen molar-refractivity contribution in [2.24, 2.45) is 0 Å². The van der Waals surface area contributed by atoms with Gasteiger partial charge in [0, 0.05) is 0 Å². The van der Waals surface area contributed by atoms with Crippen molar-refractivity contribution in [3.8, 4) is 0 Å². The Morgan fingerprint density at radius 2 is 0.684 bits per heavy atom. The van der Waals surface area contributed by atoms with Gasteiger partial charge in [-0.15, -0.1) is 0 Å². The zero-order valence-electron chi connectivity index (χ0n) is 11.4. The van der Waals surface area contributed by atoms with Crippen LogP contribution in [0.15, 0.2) is 0 Å². The van der Waals surface area contributed by atoms with Crippen LogP contribution in [0.4, 0.5) is 0 Å². The van der Waals surface area contributed by atoms with E-state index in [-0.39, 0.29) is 177 Å². The largest absolute Gasteiger partial charge is 1.00 e. The summed E-state index contributed by atoms with van der Waals surface area (Å²) in [5.41, 5.74) is 0. The van der Waals surface area contributed by atoms with Crippen molar-refractivity contribution in [2.75, 3.05) is 0 Å². The van der Waals surface area contributed by atoms with E-state index >= 15 is 0 Å². The van der Waals surface area contributed by atoms with E-state index in [0.717, 1.165) is 0 Å². The van der Waals surface area contributed by atoms with E-state index in [2.05, 4.69) is 8.62 Å². The van der Waals surface area contributed by atoms with Gasteiger partial charge in [-0.1, -0.05) is 0 Å². The Morgan fingerprint density at radius 1 is 0.526 bits per heavy atom. The Bertz CT molecular complexity index is 289. The van der Waals surface area contributed by atoms with E-state index < -0.39 is 23.5 Å². The van der Waals surface area contributed by atoms with Crippen LogP contribution in [-0.2, 0) is 22.3 Å². The van der Waals surface area contributed by atoms with E-state index in [1.807, 2.05) is 0 Å². The quantitative estimate of drug-likeness (QED) is 0.329. The third-order valence-electron chi connectivity index (χ3n) is 0.400. The maximum absolute atomic E-state index is 10.1. The summed E-state index contributed by atoms with van der Waals surface area (Å²) in [5, 5.41) is 0. The topological polar surface area (TPSA) is 185 Å². The third kappa shape index (κ3) is 36.2. The molecule has 0 fully saturated rings. The summed E-state index contributed by atoms with van der Waals surface area (Å²) < 4.78 is 34.7. The first-order chi connectivity index (χ1) is 5.41. The Hall–Kier alpha value is 6.41. The summed E-state index contributed by atoms with van der Waals surface area (Å²) in [4.78, 5) is 48.6. The molecule has 0 bridgehead atoms. The van der Waals surface area contributed by atoms with Gasteiger partial charge in [0.1, 0.15) is 0 Å². The molecule has 0 saturated heterocycles. The van der Waals surface area contributed by atoms with E-state index in [1.54, 1.807) is 0 Å². The molecule has 0 radical (unpaired) electrons. The fourth-order valence-corrected chi connectivity index (χ4v) is 2.61. The predicted molar refractivity (Wildman–Crippen MR) is 25.0 cm³/mol. The molecule has 80 valence electrons. The molecule has 0 heterocycles. The normalized spacial score (nSPS) is 9.95. The van der Waals surface area contributed by atoms with Gasteiger partial charge in [0.2, 0.25) is 0 Å².